The first kappa shape index (κ1) is 11.4. The maximum absolute atomic E-state index is 11.0. The second-order valence-electron chi connectivity index (χ2n) is 3.46. The number of carboxylic acids is 1. The lowest BCUT2D eigenvalue weighted by molar-refractivity contribution is -0.151. The first-order valence-corrected chi connectivity index (χ1v) is 4.73. The van der Waals surface area contributed by atoms with Gasteiger partial charge in [0.25, 0.3) is 0 Å². The summed E-state index contributed by atoms with van der Waals surface area (Å²) in [6.45, 7) is 1.70. The lowest BCUT2D eigenvalue weighted by Crippen LogP contribution is -2.34. The molecule has 1 aromatic rings. The van der Waals surface area contributed by atoms with Gasteiger partial charge in [-0.3, -0.25) is 9.78 Å². The molecule has 0 aliphatic carbocycles. The summed E-state index contributed by atoms with van der Waals surface area (Å²) in [7, 11) is 0. The lowest BCUT2D eigenvalue weighted by atomic mass is 9.81. The molecule has 1 rings (SSSR count). The Morgan fingerprint density at radius 1 is 1.53 bits per heavy atom. The van der Waals surface area contributed by atoms with Crippen LogP contribution < -0.4 is 0 Å². The van der Waals surface area contributed by atoms with Gasteiger partial charge >= 0.3 is 5.97 Å². The molecule has 80 valence electrons. The monoisotopic (exact) mass is 207 g/mol. The molecule has 0 saturated heterocycles. The van der Waals surface area contributed by atoms with Crippen LogP contribution in [0.2, 0.25) is 0 Å². The maximum Gasteiger partial charge on any atom is 0.317 e. The predicted molar refractivity (Wildman–Crippen MR) is 54.4 cm³/mol. The summed E-state index contributed by atoms with van der Waals surface area (Å²) in [4.78, 5) is 25.8. The highest BCUT2D eigenvalue weighted by atomic mass is 16.4. The Morgan fingerprint density at radius 2 is 2.13 bits per heavy atom. The van der Waals surface area contributed by atoms with Crippen LogP contribution in [0.25, 0.3) is 0 Å². The Balaban J connectivity index is 2.94. The van der Waals surface area contributed by atoms with Crippen LogP contribution in [0, 0.1) is 5.41 Å². The largest absolute Gasteiger partial charge is 0.480 e. The Labute approximate surface area is 88.0 Å². The van der Waals surface area contributed by atoms with E-state index in [1.165, 1.54) is 0 Å². The Morgan fingerprint density at radius 3 is 2.53 bits per heavy atom. The third-order valence-electron chi connectivity index (χ3n) is 2.55. The molecule has 0 saturated carbocycles. The highest BCUT2D eigenvalue weighted by molar-refractivity contribution is 5.92. The van der Waals surface area contributed by atoms with Gasteiger partial charge in [0.2, 0.25) is 0 Å². The fraction of sp³-hybridized carbons (Fsp3) is 0.364. The van der Waals surface area contributed by atoms with Gasteiger partial charge in [-0.1, -0.05) is 6.92 Å². The van der Waals surface area contributed by atoms with Gasteiger partial charge in [-0.05, 0) is 30.5 Å². The number of aromatic nitrogens is 1. The van der Waals surface area contributed by atoms with E-state index in [4.69, 9.17) is 5.11 Å². The molecular weight excluding hydrogens is 194 g/mol. The third-order valence-corrected chi connectivity index (χ3v) is 2.55. The van der Waals surface area contributed by atoms with E-state index in [1.54, 1.807) is 31.5 Å². The minimum Gasteiger partial charge on any atom is -0.480 e. The van der Waals surface area contributed by atoms with Crippen molar-refractivity contribution in [1.29, 1.82) is 0 Å². The van der Waals surface area contributed by atoms with Gasteiger partial charge in [-0.25, -0.2) is 0 Å². The van der Waals surface area contributed by atoms with E-state index < -0.39 is 11.4 Å². The van der Waals surface area contributed by atoms with Crippen molar-refractivity contribution in [1.82, 2.24) is 4.98 Å². The fourth-order valence-electron chi connectivity index (χ4n) is 1.39. The summed E-state index contributed by atoms with van der Waals surface area (Å²) >= 11 is 0. The summed E-state index contributed by atoms with van der Waals surface area (Å²) in [5.41, 5.74) is -0.497. The zero-order valence-electron chi connectivity index (χ0n) is 8.51. The zero-order valence-corrected chi connectivity index (χ0v) is 8.51. The third kappa shape index (κ3) is 2.40. The van der Waals surface area contributed by atoms with Gasteiger partial charge < -0.3 is 9.90 Å². The molecule has 1 atom stereocenters. The number of aldehydes is 1. The molecule has 0 spiro atoms. The molecule has 0 aliphatic heterocycles. The number of rotatable bonds is 5. The van der Waals surface area contributed by atoms with Crippen LogP contribution in [-0.4, -0.2) is 22.3 Å². The highest BCUT2D eigenvalue weighted by Gasteiger charge is 2.36. The number of carbonyl (C=O) groups excluding carboxylic acids is 1. The van der Waals surface area contributed by atoms with Gasteiger partial charge in [0.05, 0.1) is 0 Å². The standard InChI is InChI=1S/C11H13NO3/c1-2-11(8-13,10(14)15)7-9-3-5-12-6-4-9/h3-6,8H,2,7H2,1H3,(H,14,15). The van der Waals surface area contributed by atoms with Crippen LogP contribution in [0.3, 0.4) is 0 Å². The second kappa shape index (κ2) is 4.68. The number of pyridine rings is 1. The number of hydrogen-bond acceptors (Lipinski definition) is 3. The number of nitrogens with zero attached hydrogens (tertiary/aromatic N) is 1. The van der Waals surface area contributed by atoms with Crippen LogP contribution in [0.15, 0.2) is 24.5 Å². The smallest absolute Gasteiger partial charge is 0.317 e. The molecule has 0 bridgehead atoms. The van der Waals surface area contributed by atoms with E-state index in [0.29, 0.717) is 6.29 Å². The number of hydrogen-bond donors (Lipinski definition) is 1. The number of carboxylic acid groups (broad SMARTS) is 1. The molecule has 1 heterocycles. The van der Waals surface area contributed by atoms with Crippen molar-refractivity contribution >= 4 is 12.3 Å². The van der Waals surface area contributed by atoms with Crippen molar-refractivity contribution in [3.63, 3.8) is 0 Å². The van der Waals surface area contributed by atoms with E-state index in [0.717, 1.165) is 5.56 Å². The summed E-state index contributed by atoms with van der Waals surface area (Å²) in [5, 5.41) is 9.04. The van der Waals surface area contributed by atoms with Gasteiger partial charge in [-0.2, -0.15) is 0 Å². The van der Waals surface area contributed by atoms with Crippen LogP contribution in [-0.2, 0) is 16.0 Å². The molecule has 0 aliphatic rings. The van der Waals surface area contributed by atoms with Crippen LogP contribution in [0.4, 0.5) is 0 Å². The molecule has 1 aromatic heterocycles. The maximum atomic E-state index is 11.0. The van der Waals surface area contributed by atoms with Gasteiger partial charge in [0.15, 0.2) is 0 Å². The zero-order chi connectivity index (χ0) is 11.3. The van der Waals surface area contributed by atoms with Crippen molar-refractivity contribution in [3.05, 3.63) is 30.1 Å². The average molecular weight is 207 g/mol. The molecule has 0 radical (unpaired) electrons. The van der Waals surface area contributed by atoms with E-state index >= 15 is 0 Å². The Hall–Kier alpha value is -1.71. The molecule has 4 heteroatoms. The second-order valence-corrected chi connectivity index (χ2v) is 3.46. The van der Waals surface area contributed by atoms with Crippen LogP contribution >= 0.6 is 0 Å². The van der Waals surface area contributed by atoms with Gasteiger partial charge in [0, 0.05) is 12.4 Å². The van der Waals surface area contributed by atoms with Gasteiger partial charge in [0.1, 0.15) is 11.7 Å². The normalized spacial score (nSPS) is 14.2. The minimum atomic E-state index is -1.30. The summed E-state index contributed by atoms with van der Waals surface area (Å²) < 4.78 is 0. The van der Waals surface area contributed by atoms with E-state index in [1.807, 2.05) is 0 Å². The topological polar surface area (TPSA) is 67.3 Å². The molecule has 4 nitrogen and oxygen atoms in total. The molecule has 0 aromatic carbocycles. The molecule has 0 amide bonds. The van der Waals surface area contributed by atoms with E-state index in [-0.39, 0.29) is 12.8 Å². The predicted octanol–water partition coefficient (Wildman–Crippen LogP) is 1.30. The van der Waals surface area contributed by atoms with E-state index in [9.17, 15) is 9.59 Å². The molecule has 1 N–H and O–H groups in total. The van der Waals surface area contributed by atoms with Crippen LogP contribution in [0.5, 0.6) is 0 Å². The van der Waals surface area contributed by atoms with Crippen LogP contribution in [0.1, 0.15) is 18.9 Å². The van der Waals surface area contributed by atoms with Crippen molar-refractivity contribution in [2.75, 3.05) is 0 Å². The van der Waals surface area contributed by atoms with Crippen molar-refractivity contribution < 1.29 is 14.7 Å². The average Bonchev–Trinajstić information content (AvgIpc) is 2.27. The van der Waals surface area contributed by atoms with Crippen molar-refractivity contribution in [2.45, 2.75) is 19.8 Å². The molecule has 0 fully saturated rings. The van der Waals surface area contributed by atoms with E-state index in [2.05, 4.69) is 4.98 Å². The van der Waals surface area contributed by atoms with Gasteiger partial charge in [-0.15, -0.1) is 0 Å². The fourth-order valence-corrected chi connectivity index (χ4v) is 1.39. The quantitative estimate of drug-likeness (QED) is 0.583. The van der Waals surface area contributed by atoms with Crippen molar-refractivity contribution in [2.24, 2.45) is 5.41 Å². The lowest BCUT2D eigenvalue weighted by Gasteiger charge is -2.20. The summed E-state index contributed by atoms with van der Waals surface area (Å²) in [5.74, 6) is -1.07. The number of aliphatic carboxylic acids is 1. The Kier molecular flexibility index (Phi) is 3.55. The Bertz CT molecular complexity index is 350. The summed E-state index contributed by atoms with van der Waals surface area (Å²) in [6.07, 6.45) is 4.19. The first-order valence-electron chi connectivity index (χ1n) is 4.73. The van der Waals surface area contributed by atoms with Crippen molar-refractivity contribution in [3.8, 4) is 0 Å². The molecular formula is C11H13NO3. The SMILES string of the molecule is CCC(C=O)(Cc1ccncc1)C(=O)O. The molecule has 15 heavy (non-hydrogen) atoms. The molecule has 1 unspecified atom stereocenters. The number of carbonyl (C=O) groups is 2. The first-order chi connectivity index (χ1) is 7.14. The summed E-state index contributed by atoms with van der Waals surface area (Å²) in [6, 6.07) is 3.44. The minimum absolute atomic E-state index is 0.213. The highest BCUT2D eigenvalue weighted by Crippen LogP contribution is 2.24.